The van der Waals surface area contributed by atoms with Crippen LogP contribution in [0.4, 0.5) is 5.00 Å². The Labute approximate surface area is 201 Å². The molecule has 6 heteroatoms. The van der Waals surface area contributed by atoms with Crippen LogP contribution in [0.5, 0.6) is 5.75 Å². The van der Waals surface area contributed by atoms with Crippen LogP contribution in [0.3, 0.4) is 0 Å². The first-order chi connectivity index (χ1) is 15.5. The Morgan fingerprint density at radius 3 is 2.52 bits per heavy atom. The van der Waals surface area contributed by atoms with E-state index in [-0.39, 0.29) is 17.3 Å². The summed E-state index contributed by atoms with van der Waals surface area (Å²) in [6.07, 6.45) is 2.64. The van der Waals surface area contributed by atoms with Crippen LogP contribution in [-0.4, -0.2) is 24.6 Å². The highest BCUT2D eigenvalue weighted by Crippen LogP contribution is 2.44. The highest BCUT2D eigenvalue weighted by Gasteiger charge is 2.35. The van der Waals surface area contributed by atoms with E-state index in [1.165, 1.54) is 21.8 Å². The van der Waals surface area contributed by atoms with Crippen molar-refractivity contribution in [2.24, 2.45) is 11.3 Å². The van der Waals surface area contributed by atoms with Crippen LogP contribution >= 0.6 is 11.3 Å². The number of carbonyl (C=O) groups is 2. The van der Waals surface area contributed by atoms with E-state index in [2.05, 4.69) is 26.1 Å². The van der Waals surface area contributed by atoms with Crippen LogP contribution in [0.2, 0.25) is 0 Å². The maximum absolute atomic E-state index is 13.2. The average Bonchev–Trinajstić information content (AvgIpc) is 3.10. The molecular weight excluding hydrogens is 434 g/mol. The van der Waals surface area contributed by atoms with Crippen molar-refractivity contribution < 1.29 is 19.1 Å². The number of hydrogen-bond acceptors (Lipinski definition) is 5. The smallest absolute Gasteiger partial charge is 0.341 e. The normalized spacial score (nSPS) is 16.6. The van der Waals surface area contributed by atoms with Crippen molar-refractivity contribution in [1.29, 1.82) is 0 Å². The molecule has 1 heterocycles. The van der Waals surface area contributed by atoms with Gasteiger partial charge in [-0.15, -0.1) is 11.3 Å². The first-order valence-corrected chi connectivity index (χ1v) is 12.7. The minimum Gasteiger partial charge on any atom is -0.481 e. The van der Waals surface area contributed by atoms with E-state index in [0.29, 0.717) is 35.3 Å². The van der Waals surface area contributed by atoms with Gasteiger partial charge in [0.25, 0.3) is 5.91 Å². The fraction of sp³-hybridized carbons (Fsp3) is 0.556. The molecule has 5 nitrogen and oxygen atoms in total. The van der Waals surface area contributed by atoms with Crippen LogP contribution in [0.25, 0.3) is 0 Å². The van der Waals surface area contributed by atoms with Gasteiger partial charge in [-0.05, 0) is 86.6 Å². The molecule has 0 bridgehead atoms. The van der Waals surface area contributed by atoms with Crippen LogP contribution in [0, 0.1) is 25.2 Å². The Balaban J connectivity index is 1.86. The number of thiophene rings is 1. The molecule has 0 radical (unpaired) electrons. The summed E-state index contributed by atoms with van der Waals surface area (Å²) in [4.78, 5) is 27.2. The topological polar surface area (TPSA) is 64.6 Å². The molecule has 0 saturated carbocycles. The molecule has 0 unspecified atom stereocenters. The molecule has 1 amide bonds. The fourth-order valence-electron chi connectivity index (χ4n) is 4.30. The van der Waals surface area contributed by atoms with E-state index < -0.39 is 6.10 Å². The van der Waals surface area contributed by atoms with E-state index in [4.69, 9.17) is 9.47 Å². The lowest BCUT2D eigenvalue weighted by Crippen LogP contribution is -2.32. The lowest BCUT2D eigenvalue weighted by Gasteiger charge is -2.33. The SMILES string of the molecule is CCOC(=O)c1c(NC(=O)[C@H](CC)Oc2ccc(C)c(C)c2)sc2c1CC[C@@H](C(C)(C)C)C2. The second-order valence-electron chi connectivity index (χ2n) is 9.98. The molecule has 1 aromatic heterocycles. The lowest BCUT2D eigenvalue weighted by atomic mass is 9.72. The second-order valence-corrected chi connectivity index (χ2v) is 11.1. The molecule has 2 aromatic rings. The third-order valence-corrected chi connectivity index (χ3v) is 7.80. The summed E-state index contributed by atoms with van der Waals surface area (Å²) in [5.74, 6) is 0.609. The predicted octanol–water partition coefficient (Wildman–Crippen LogP) is 6.49. The number of carbonyl (C=O) groups excluding carboxylic acids is 2. The van der Waals surface area contributed by atoms with Crippen molar-refractivity contribution in [3.63, 3.8) is 0 Å². The summed E-state index contributed by atoms with van der Waals surface area (Å²) in [5, 5.41) is 3.60. The molecule has 1 aromatic carbocycles. The maximum atomic E-state index is 13.2. The molecule has 1 N–H and O–H groups in total. The Bertz CT molecular complexity index is 1020. The summed E-state index contributed by atoms with van der Waals surface area (Å²) < 4.78 is 11.4. The average molecular weight is 472 g/mol. The number of anilines is 1. The van der Waals surface area contributed by atoms with Gasteiger partial charge < -0.3 is 14.8 Å². The van der Waals surface area contributed by atoms with Crippen molar-refractivity contribution in [3.8, 4) is 5.75 Å². The van der Waals surface area contributed by atoms with Crippen LogP contribution in [-0.2, 0) is 22.4 Å². The summed E-state index contributed by atoms with van der Waals surface area (Å²) in [6.45, 7) is 14.9. The molecule has 0 saturated heterocycles. The predicted molar refractivity (Wildman–Crippen MR) is 134 cm³/mol. The van der Waals surface area contributed by atoms with Gasteiger partial charge in [0.2, 0.25) is 0 Å². The van der Waals surface area contributed by atoms with Gasteiger partial charge in [0, 0.05) is 4.88 Å². The summed E-state index contributed by atoms with van der Waals surface area (Å²) in [7, 11) is 0. The van der Waals surface area contributed by atoms with Gasteiger partial charge in [-0.1, -0.05) is 33.8 Å². The van der Waals surface area contributed by atoms with E-state index in [1.807, 2.05) is 39.0 Å². The minimum atomic E-state index is -0.649. The highest BCUT2D eigenvalue weighted by molar-refractivity contribution is 7.17. The molecule has 1 aliphatic carbocycles. The largest absolute Gasteiger partial charge is 0.481 e. The van der Waals surface area contributed by atoms with Crippen molar-refractivity contribution in [2.45, 2.75) is 80.3 Å². The molecule has 2 atom stereocenters. The fourth-order valence-corrected chi connectivity index (χ4v) is 5.62. The Hall–Kier alpha value is -2.34. The lowest BCUT2D eigenvalue weighted by molar-refractivity contribution is -0.122. The van der Waals surface area contributed by atoms with Gasteiger partial charge in [0.1, 0.15) is 10.8 Å². The van der Waals surface area contributed by atoms with E-state index >= 15 is 0 Å². The maximum Gasteiger partial charge on any atom is 0.341 e. The van der Waals surface area contributed by atoms with Crippen LogP contribution in [0.15, 0.2) is 18.2 Å². The Morgan fingerprint density at radius 2 is 1.91 bits per heavy atom. The zero-order valence-corrected chi connectivity index (χ0v) is 21.8. The van der Waals surface area contributed by atoms with E-state index in [9.17, 15) is 9.59 Å². The molecule has 180 valence electrons. The number of aryl methyl sites for hydroxylation is 2. The standard InChI is InChI=1S/C27H37NO4S/c1-8-21(32-19-12-10-16(3)17(4)14-19)24(29)28-25-23(26(30)31-9-2)20-13-11-18(27(5,6)7)15-22(20)33-25/h10,12,14,18,21H,8-9,11,13,15H2,1-7H3,(H,28,29)/t18-,21+/m1/s1. The monoisotopic (exact) mass is 471 g/mol. The number of fused-ring (bicyclic) bond motifs is 1. The highest BCUT2D eigenvalue weighted by atomic mass is 32.1. The van der Waals surface area contributed by atoms with Crippen molar-refractivity contribution >= 4 is 28.2 Å². The molecular formula is C27H37NO4S. The third kappa shape index (κ3) is 5.78. The van der Waals surface area contributed by atoms with Gasteiger partial charge in [0.15, 0.2) is 6.10 Å². The summed E-state index contributed by atoms with van der Waals surface area (Å²) in [5.41, 5.74) is 4.06. The zero-order valence-electron chi connectivity index (χ0n) is 21.0. The van der Waals surface area contributed by atoms with Crippen molar-refractivity contribution in [3.05, 3.63) is 45.3 Å². The number of hydrogen-bond donors (Lipinski definition) is 1. The number of ether oxygens (including phenoxy) is 2. The quantitative estimate of drug-likeness (QED) is 0.469. The van der Waals surface area contributed by atoms with Gasteiger partial charge in [0.05, 0.1) is 12.2 Å². The van der Waals surface area contributed by atoms with Crippen LogP contribution in [0.1, 0.15) is 79.4 Å². The number of amides is 1. The zero-order chi connectivity index (χ0) is 24.3. The third-order valence-electron chi connectivity index (χ3n) is 6.63. The molecule has 0 fully saturated rings. The molecule has 1 aliphatic rings. The minimum absolute atomic E-state index is 0.197. The van der Waals surface area contributed by atoms with Gasteiger partial charge in [-0.3, -0.25) is 4.79 Å². The summed E-state index contributed by atoms with van der Waals surface area (Å²) >= 11 is 1.51. The van der Waals surface area contributed by atoms with Gasteiger partial charge >= 0.3 is 5.97 Å². The Kier molecular flexibility index (Phi) is 7.88. The van der Waals surface area contributed by atoms with Crippen molar-refractivity contribution in [2.75, 3.05) is 11.9 Å². The molecule has 0 spiro atoms. The molecule has 33 heavy (non-hydrogen) atoms. The Morgan fingerprint density at radius 1 is 1.18 bits per heavy atom. The molecule has 0 aliphatic heterocycles. The van der Waals surface area contributed by atoms with Gasteiger partial charge in [-0.25, -0.2) is 4.79 Å². The number of benzene rings is 1. The van der Waals surface area contributed by atoms with Gasteiger partial charge in [-0.2, -0.15) is 0 Å². The number of nitrogens with one attached hydrogen (secondary N) is 1. The number of rotatable bonds is 7. The second kappa shape index (κ2) is 10.3. The van der Waals surface area contributed by atoms with Crippen LogP contribution < -0.4 is 10.1 Å². The number of esters is 1. The van der Waals surface area contributed by atoms with Crippen molar-refractivity contribution in [1.82, 2.24) is 0 Å². The summed E-state index contributed by atoms with van der Waals surface area (Å²) in [6, 6.07) is 5.83. The first-order valence-electron chi connectivity index (χ1n) is 11.9. The van der Waals surface area contributed by atoms with E-state index in [0.717, 1.165) is 30.4 Å². The molecule has 3 rings (SSSR count). The first kappa shape index (κ1) is 25.3. The van der Waals surface area contributed by atoms with E-state index in [1.54, 1.807) is 6.92 Å².